The van der Waals surface area contributed by atoms with Gasteiger partial charge in [-0.05, 0) is 24.6 Å². The highest BCUT2D eigenvalue weighted by Crippen LogP contribution is 2.29. The van der Waals surface area contributed by atoms with E-state index in [0.29, 0.717) is 10.6 Å². The Morgan fingerprint density at radius 1 is 1.28 bits per heavy atom. The summed E-state index contributed by atoms with van der Waals surface area (Å²) in [4.78, 5) is 0. The van der Waals surface area contributed by atoms with E-state index in [4.69, 9.17) is 28.3 Å². The first kappa shape index (κ1) is 15.7. The number of rotatable bonds is 5. The predicted octanol–water partition coefficient (Wildman–Crippen LogP) is 1.82. The lowest BCUT2D eigenvalue weighted by atomic mass is 10.2. The van der Waals surface area contributed by atoms with Gasteiger partial charge in [0.05, 0.1) is 33.8 Å². The quantitative estimate of drug-likeness (QED) is 0.869. The summed E-state index contributed by atoms with van der Waals surface area (Å²) >= 11 is 11.6. The third kappa shape index (κ3) is 3.83. The monoisotopic (exact) mass is 312 g/mol. The fourth-order valence-corrected chi connectivity index (χ4v) is 3.24. The van der Waals surface area contributed by atoms with E-state index in [-0.39, 0.29) is 5.02 Å². The molecule has 0 fully saturated rings. The first-order valence-corrected chi connectivity index (χ1v) is 7.70. The molecule has 102 valence electrons. The molecule has 0 bridgehead atoms. The zero-order valence-electron chi connectivity index (χ0n) is 9.68. The highest BCUT2D eigenvalue weighted by atomic mass is 35.5. The van der Waals surface area contributed by atoms with Gasteiger partial charge < -0.3 is 10.2 Å². The van der Waals surface area contributed by atoms with Gasteiger partial charge in [0.2, 0.25) is 0 Å². The molecule has 18 heavy (non-hydrogen) atoms. The van der Waals surface area contributed by atoms with Crippen molar-refractivity contribution in [3.63, 3.8) is 0 Å². The van der Waals surface area contributed by atoms with Crippen LogP contribution in [0.1, 0.15) is 17.7 Å². The van der Waals surface area contributed by atoms with Crippen LogP contribution in [0.3, 0.4) is 0 Å². The van der Waals surface area contributed by atoms with Gasteiger partial charge in [-0.15, -0.1) is 0 Å². The van der Waals surface area contributed by atoms with Crippen molar-refractivity contribution in [2.75, 3.05) is 12.4 Å². The van der Waals surface area contributed by atoms with Crippen LogP contribution in [0, 0.1) is 0 Å². The molecule has 4 nitrogen and oxygen atoms in total. The Morgan fingerprint density at radius 3 is 2.39 bits per heavy atom. The summed E-state index contributed by atoms with van der Waals surface area (Å²) in [5.74, 6) is -0.495. The van der Waals surface area contributed by atoms with Crippen molar-refractivity contribution in [3.8, 4) is 0 Å². The van der Waals surface area contributed by atoms with Gasteiger partial charge in [-0.1, -0.05) is 29.3 Å². The van der Waals surface area contributed by atoms with Crippen molar-refractivity contribution in [1.29, 1.82) is 0 Å². The summed E-state index contributed by atoms with van der Waals surface area (Å²) in [7, 11) is -3.57. The van der Waals surface area contributed by atoms with Crippen LogP contribution in [0.25, 0.3) is 0 Å². The molecule has 1 rings (SSSR count). The van der Waals surface area contributed by atoms with E-state index in [1.165, 1.54) is 19.1 Å². The highest BCUT2D eigenvalue weighted by Gasteiger charge is 2.25. The lowest BCUT2D eigenvalue weighted by Crippen LogP contribution is -2.27. The average Bonchev–Trinajstić information content (AvgIpc) is 2.31. The molecular formula is C11H14Cl2O4S. The molecule has 0 spiro atoms. The van der Waals surface area contributed by atoms with Gasteiger partial charge in [0.1, 0.15) is 0 Å². The number of hydrogen-bond donors (Lipinski definition) is 2. The van der Waals surface area contributed by atoms with Crippen LogP contribution in [0.4, 0.5) is 0 Å². The van der Waals surface area contributed by atoms with Crippen LogP contribution in [0.5, 0.6) is 0 Å². The van der Waals surface area contributed by atoms with Crippen molar-refractivity contribution in [1.82, 2.24) is 0 Å². The zero-order valence-corrected chi connectivity index (χ0v) is 12.0. The minimum Gasteiger partial charge on any atom is -0.394 e. The van der Waals surface area contributed by atoms with Gasteiger partial charge in [0.15, 0.2) is 9.84 Å². The van der Waals surface area contributed by atoms with E-state index in [1.54, 1.807) is 6.07 Å². The van der Waals surface area contributed by atoms with E-state index in [1.807, 2.05) is 0 Å². The lowest BCUT2D eigenvalue weighted by molar-refractivity contribution is 0.112. The summed E-state index contributed by atoms with van der Waals surface area (Å²) in [6, 6.07) is 4.58. The maximum atomic E-state index is 11.9. The molecule has 0 amide bonds. The van der Waals surface area contributed by atoms with Crippen LogP contribution < -0.4 is 0 Å². The molecule has 0 aliphatic rings. The highest BCUT2D eigenvalue weighted by molar-refractivity contribution is 7.91. The number of aliphatic hydroxyl groups is 2. The van der Waals surface area contributed by atoms with Gasteiger partial charge in [0.25, 0.3) is 0 Å². The van der Waals surface area contributed by atoms with Crippen molar-refractivity contribution in [2.24, 2.45) is 0 Å². The van der Waals surface area contributed by atoms with E-state index in [9.17, 15) is 13.5 Å². The van der Waals surface area contributed by atoms with E-state index >= 15 is 0 Å². The first-order chi connectivity index (χ1) is 8.27. The van der Waals surface area contributed by atoms with Crippen molar-refractivity contribution in [2.45, 2.75) is 18.3 Å². The van der Waals surface area contributed by atoms with E-state index in [2.05, 4.69) is 0 Å². The fourth-order valence-electron chi connectivity index (χ4n) is 1.44. The molecule has 2 atom stereocenters. The number of sulfone groups is 1. The molecule has 0 aliphatic carbocycles. The van der Waals surface area contributed by atoms with Crippen LogP contribution in [-0.4, -0.2) is 37.1 Å². The summed E-state index contributed by atoms with van der Waals surface area (Å²) < 4.78 is 23.9. The van der Waals surface area contributed by atoms with Crippen LogP contribution in [0.15, 0.2) is 18.2 Å². The predicted molar refractivity (Wildman–Crippen MR) is 71.8 cm³/mol. The minimum absolute atomic E-state index is 0.277. The number of halogens is 2. The topological polar surface area (TPSA) is 74.6 Å². The molecule has 1 aromatic rings. The second kappa shape index (κ2) is 6.21. The van der Waals surface area contributed by atoms with Gasteiger partial charge >= 0.3 is 0 Å². The largest absolute Gasteiger partial charge is 0.394 e. The molecule has 7 heteroatoms. The Balaban J connectivity index is 2.98. The fraction of sp³-hybridized carbons (Fsp3) is 0.455. The molecule has 0 saturated carbocycles. The third-order valence-electron chi connectivity index (χ3n) is 2.59. The van der Waals surface area contributed by atoms with Crippen LogP contribution >= 0.6 is 23.2 Å². The number of aliphatic hydroxyl groups excluding tert-OH is 2. The van der Waals surface area contributed by atoms with Gasteiger partial charge in [-0.25, -0.2) is 8.42 Å². The molecule has 0 heterocycles. The Morgan fingerprint density at radius 2 is 1.89 bits per heavy atom. The lowest BCUT2D eigenvalue weighted by Gasteiger charge is -2.16. The molecular weight excluding hydrogens is 299 g/mol. The molecule has 2 N–H and O–H groups in total. The Bertz CT molecular complexity index is 516. The van der Waals surface area contributed by atoms with E-state index in [0.717, 1.165) is 0 Å². The number of hydrogen-bond acceptors (Lipinski definition) is 4. The molecule has 0 aliphatic heterocycles. The third-order valence-corrected chi connectivity index (χ3v) is 5.53. The first-order valence-electron chi connectivity index (χ1n) is 5.23. The average molecular weight is 313 g/mol. The summed E-state index contributed by atoms with van der Waals surface area (Å²) in [5, 5.41) is 17.7. The molecule has 0 unspecified atom stereocenters. The zero-order chi connectivity index (χ0) is 13.9. The maximum Gasteiger partial charge on any atom is 0.159 e. The Kier molecular flexibility index (Phi) is 5.43. The second-order valence-corrected chi connectivity index (χ2v) is 7.16. The summed E-state index contributed by atoms with van der Waals surface area (Å²) in [6.45, 7) is 0.909. The van der Waals surface area contributed by atoms with Crippen molar-refractivity contribution >= 4 is 33.0 Å². The van der Waals surface area contributed by atoms with Crippen molar-refractivity contribution in [3.05, 3.63) is 33.8 Å². The Labute approximate surface area is 116 Å². The molecule has 1 aromatic carbocycles. The van der Waals surface area contributed by atoms with Gasteiger partial charge in [-0.3, -0.25) is 0 Å². The molecule has 0 saturated heterocycles. The van der Waals surface area contributed by atoms with Gasteiger partial charge in [0, 0.05) is 0 Å². The summed E-state index contributed by atoms with van der Waals surface area (Å²) in [6.07, 6.45) is -1.28. The SMILES string of the molecule is C[C@@H](c1ccc(Cl)c(Cl)c1)S(=O)(=O)C[C@H](O)CO. The second-order valence-electron chi connectivity index (χ2n) is 3.98. The smallest absolute Gasteiger partial charge is 0.159 e. The standard InChI is InChI=1S/C11H14Cl2O4S/c1-7(18(16,17)6-9(15)5-14)8-2-3-10(12)11(13)4-8/h2-4,7,9,14-15H,5-6H2,1H3/t7-,9+/m0/s1. The Hall–Kier alpha value is -0.330. The molecule has 0 radical (unpaired) electrons. The number of benzene rings is 1. The van der Waals surface area contributed by atoms with E-state index < -0.39 is 33.6 Å². The van der Waals surface area contributed by atoms with Crippen LogP contribution in [-0.2, 0) is 9.84 Å². The minimum atomic E-state index is -3.57. The van der Waals surface area contributed by atoms with Crippen molar-refractivity contribution < 1.29 is 18.6 Å². The maximum absolute atomic E-state index is 11.9. The molecule has 0 aromatic heterocycles. The van der Waals surface area contributed by atoms with Gasteiger partial charge in [-0.2, -0.15) is 0 Å². The summed E-state index contributed by atoms with van der Waals surface area (Å²) in [5.41, 5.74) is 0.495. The normalized spacial score (nSPS) is 15.4. The van der Waals surface area contributed by atoms with Crippen LogP contribution in [0.2, 0.25) is 10.0 Å².